The molecule has 11 rings (SSSR count). The summed E-state index contributed by atoms with van der Waals surface area (Å²) in [5.41, 5.74) is 11.1. The molecule has 1 spiro atoms. The highest BCUT2D eigenvalue weighted by atomic mass is 32.2. The molecule has 0 bridgehead atoms. The van der Waals surface area contributed by atoms with Crippen molar-refractivity contribution < 1.29 is 0 Å². The van der Waals surface area contributed by atoms with Gasteiger partial charge in [-0.2, -0.15) is 0 Å². The van der Waals surface area contributed by atoms with Crippen molar-refractivity contribution in [1.29, 1.82) is 0 Å². The molecule has 3 heteroatoms. The second kappa shape index (κ2) is 12.1. The van der Waals surface area contributed by atoms with Gasteiger partial charge in [0.1, 0.15) is 0 Å². The highest BCUT2D eigenvalue weighted by Gasteiger charge is 2.57. The highest BCUT2D eigenvalue weighted by Crippen LogP contribution is 2.58. The Kier molecular flexibility index (Phi) is 7.14. The Morgan fingerprint density at radius 1 is 0.400 bits per heavy atom. The van der Waals surface area contributed by atoms with E-state index in [1.165, 1.54) is 81.0 Å². The van der Waals surface area contributed by atoms with Gasteiger partial charge < -0.3 is 4.90 Å². The first-order valence-electron chi connectivity index (χ1n) is 19.3. The number of fused-ring (bicyclic) bond motifs is 10. The average Bonchev–Trinajstić information content (AvgIpc) is 3.25. The number of para-hydroxylation sites is 2. The lowest BCUT2D eigenvalue weighted by molar-refractivity contribution is 0.632. The molecule has 55 heavy (non-hydrogen) atoms. The molecule has 3 aliphatic rings. The van der Waals surface area contributed by atoms with Gasteiger partial charge in [0.05, 0.1) is 16.8 Å². The molecule has 0 fully saturated rings. The van der Waals surface area contributed by atoms with Crippen LogP contribution in [0.3, 0.4) is 0 Å². The Hall–Kier alpha value is -5.87. The minimum absolute atomic E-state index is 0.140. The highest BCUT2D eigenvalue weighted by molar-refractivity contribution is 7.99. The Balaban J connectivity index is 1.33. The molecule has 8 aromatic carbocycles. The summed E-state index contributed by atoms with van der Waals surface area (Å²) in [6.07, 6.45) is 0. The fourth-order valence-corrected chi connectivity index (χ4v) is 16.9. The zero-order valence-corrected chi connectivity index (χ0v) is 32.7. The zero-order valence-electron chi connectivity index (χ0n) is 30.9. The van der Waals surface area contributed by atoms with Crippen molar-refractivity contribution in [1.82, 2.24) is 0 Å². The lowest BCUT2D eigenvalue weighted by Crippen LogP contribution is -2.79. The van der Waals surface area contributed by atoms with Crippen LogP contribution in [0.1, 0.15) is 47.2 Å². The van der Waals surface area contributed by atoms with Gasteiger partial charge in [0.15, 0.2) is 8.07 Å². The molecule has 8 aromatic rings. The summed E-state index contributed by atoms with van der Waals surface area (Å²) in [7, 11) is -2.89. The summed E-state index contributed by atoms with van der Waals surface area (Å²) in [6.45, 7) is 4.74. The molecule has 3 aliphatic heterocycles. The van der Waals surface area contributed by atoms with Gasteiger partial charge in [-0.25, -0.2) is 0 Å². The second-order valence-electron chi connectivity index (χ2n) is 15.6. The predicted octanol–water partition coefficient (Wildman–Crippen LogP) is 10.3. The van der Waals surface area contributed by atoms with Crippen LogP contribution in [0.5, 0.6) is 0 Å². The normalized spacial score (nSPS) is 16.1. The Morgan fingerprint density at radius 3 is 1.40 bits per heavy atom. The maximum Gasteiger partial charge on any atom is 0.180 e. The van der Waals surface area contributed by atoms with Crippen molar-refractivity contribution in [2.75, 3.05) is 4.90 Å². The van der Waals surface area contributed by atoms with E-state index in [-0.39, 0.29) is 5.41 Å². The van der Waals surface area contributed by atoms with E-state index in [0.29, 0.717) is 0 Å². The molecule has 0 aliphatic carbocycles. The van der Waals surface area contributed by atoms with Crippen LogP contribution in [0.4, 0.5) is 17.1 Å². The fourth-order valence-electron chi connectivity index (χ4n) is 10.4. The molecule has 1 nitrogen and oxygen atoms in total. The van der Waals surface area contributed by atoms with Crippen molar-refractivity contribution in [3.8, 4) is 0 Å². The van der Waals surface area contributed by atoms with Crippen LogP contribution in [0, 0.1) is 0 Å². The lowest BCUT2D eigenvalue weighted by Gasteiger charge is -2.52. The number of benzene rings is 8. The smallest absolute Gasteiger partial charge is 0.180 e. The number of hydrogen-bond donors (Lipinski definition) is 0. The lowest BCUT2D eigenvalue weighted by atomic mass is 9.64. The SMILES string of the molecule is CC1(C)c2ccccc2N(c2ccc3c(c2)C2(c4ccccc4Sc4ccccc42)c2ccccc2[Si]3(c2ccccc2)c2ccccc2)c2ccccc21. The second-order valence-corrected chi connectivity index (χ2v) is 20.4. The molecule has 0 N–H and O–H groups in total. The van der Waals surface area contributed by atoms with E-state index >= 15 is 0 Å². The molecule has 262 valence electrons. The van der Waals surface area contributed by atoms with Crippen LogP contribution in [0.2, 0.25) is 0 Å². The van der Waals surface area contributed by atoms with Gasteiger partial charge in [-0.3, -0.25) is 0 Å². The Morgan fingerprint density at radius 2 is 0.836 bits per heavy atom. The van der Waals surface area contributed by atoms with Crippen molar-refractivity contribution in [3.63, 3.8) is 0 Å². The number of nitrogens with zero attached hydrogens (tertiary/aromatic N) is 1. The molecule has 0 unspecified atom stereocenters. The summed E-state index contributed by atoms with van der Waals surface area (Å²) in [5, 5.41) is 5.71. The van der Waals surface area contributed by atoms with Crippen LogP contribution in [-0.2, 0) is 10.8 Å². The summed E-state index contributed by atoms with van der Waals surface area (Å²) in [6, 6.07) is 76.3. The molecule has 0 atom stereocenters. The number of rotatable bonds is 3. The first kappa shape index (κ1) is 32.5. The first-order chi connectivity index (χ1) is 27.1. The van der Waals surface area contributed by atoms with E-state index in [2.05, 4.69) is 219 Å². The Bertz CT molecular complexity index is 2650. The van der Waals surface area contributed by atoms with E-state index in [1.54, 1.807) is 0 Å². The topological polar surface area (TPSA) is 3.24 Å². The van der Waals surface area contributed by atoms with E-state index in [0.717, 1.165) is 0 Å². The first-order valence-corrected chi connectivity index (χ1v) is 22.1. The average molecular weight is 738 g/mol. The van der Waals surface area contributed by atoms with Crippen molar-refractivity contribution in [2.24, 2.45) is 0 Å². The Labute approximate surface area is 329 Å². The van der Waals surface area contributed by atoms with Crippen LogP contribution < -0.4 is 25.6 Å². The van der Waals surface area contributed by atoms with E-state index < -0.39 is 13.5 Å². The predicted molar refractivity (Wildman–Crippen MR) is 233 cm³/mol. The number of hydrogen-bond acceptors (Lipinski definition) is 2. The molecule has 0 saturated carbocycles. The minimum Gasteiger partial charge on any atom is -0.310 e. The van der Waals surface area contributed by atoms with Gasteiger partial charge in [0.25, 0.3) is 0 Å². The van der Waals surface area contributed by atoms with E-state index in [1.807, 2.05) is 11.8 Å². The van der Waals surface area contributed by atoms with Crippen LogP contribution in [0.15, 0.2) is 210 Å². The van der Waals surface area contributed by atoms with Gasteiger partial charge in [-0.15, -0.1) is 0 Å². The van der Waals surface area contributed by atoms with Crippen molar-refractivity contribution in [2.45, 2.75) is 34.5 Å². The molecule has 3 heterocycles. The van der Waals surface area contributed by atoms with Crippen LogP contribution in [-0.4, -0.2) is 8.07 Å². The summed E-state index contributed by atoms with van der Waals surface area (Å²) in [4.78, 5) is 5.17. The monoisotopic (exact) mass is 737 g/mol. The summed E-state index contributed by atoms with van der Waals surface area (Å²) >= 11 is 1.91. The van der Waals surface area contributed by atoms with Crippen LogP contribution in [0.25, 0.3) is 0 Å². The molecular formula is C52H39NSSi. The maximum atomic E-state index is 2.59. The van der Waals surface area contributed by atoms with E-state index in [9.17, 15) is 0 Å². The summed E-state index contributed by atoms with van der Waals surface area (Å²) in [5.74, 6) is 0. The molecule has 0 saturated heterocycles. The van der Waals surface area contributed by atoms with Gasteiger partial charge in [-0.1, -0.05) is 189 Å². The molecule has 0 amide bonds. The largest absolute Gasteiger partial charge is 0.310 e. The van der Waals surface area contributed by atoms with Gasteiger partial charge in [-0.05, 0) is 90.5 Å². The number of anilines is 3. The van der Waals surface area contributed by atoms with Gasteiger partial charge in [0.2, 0.25) is 0 Å². The quantitative estimate of drug-likeness (QED) is 0.166. The summed E-state index contributed by atoms with van der Waals surface area (Å²) < 4.78 is 0. The minimum atomic E-state index is -2.89. The third-order valence-electron chi connectivity index (χ3n) is 12.7. The molecule has 0 aromatic heterocycles. The third kappa shape index (κ3) is 4.31. The molecular weight excluding hydrogens is 699 g/mol. The fraction of sp³-hybridized carbons (Fsp3) is 0.0769. The van der Waals surface area contributed by atoms with Crippen molar-refractivity contribution >= 4 is 57.6 Å². The third-order valence-corrected chi connectivity index (χ3v) is 18.7. The standard InChI is InChI=1S/C52H39NSSi/c1-51(2)39-23-9-14-28-45(39)53(46-29-15-10-24-40(46)51)36-33-34-50-44(35-36)52(41-25-11-16-30-47(41)54-48-31-17-12-26-42(48)52)43-27-13-18-32-49(43)55(50,37-19-5-3-6-20-37)38-21-7-4-8-22-38/h3-35H,1-2H3. The van der Waals surface area contributed by atoms with Crippen molar-refractivity contribution in [3.05, 3.63) is 234 Å². The van der Waals surface area contributed by atoms with Gasteiger partial charge >= 0.3 is 0 Å². The molecule has 0 radical (unpaired) electrons. The maximum absolute atomic E-state index is 2.89. The van der Waals surface area contributed by atoms with Gasteiger partial charge in [0, 0.05) is 20.9 Å². The van der Waals surface area contributed by atoms with Crippen LogP contribution >= 0.6 is 11.8 Å². The zero-order chi connectivity index (χ0) is 36.8. The van der Waals surface area contributed by atoms with E-state index in [4.69, 9.17) is 0 Å².